The molecule has 2 aromatic rings. The van der Waals surface area contributed by atoms with Gasteiger partial charge in [-0.2, -0.15) is 5.10 Å². The van der Waals surface area contributed by atoms with Crippen molar-refractivity contribution in [3.63, 3.8) is 0 Å². The maximum atomic E-state index is 11.2. The van der Waals surface area contributed by atoms with Crippen molar-refractivity contribution in [2.45, 2.75) is 20.4 Å². The van der Waals surface area contributed by atoms with E-state index in [1.165, 1.54) is 0 Å². The molecule has 2 heterocycles. The number of aromatic carboxylic acids is 1. The van der Waals surface area contributed by atoms with Gasteiger partial charge in [-0.25, -0.2) is 9.78 Å². The molecule has 0 radical (unpaired) electrons. The van der Waals surface area contributed by atoms with Gasteiger partial charge in [0, 0.05) is 31.5 Å². The van der Waals surface area contributed by atoms with Gasteiger partial charge in [0.15, 0.2) is 0 Å². The Balaban J connectivity index is 2.22. The Bertz CT molecular complexity index is 619. The standard InChI is InChI=1S/C13H16N4O2/c1-8-4-5-14-12(11(8)13(18)19)15-6-10-7-17(3)16-9(10)2/h4-5,7H,6H2,1-3H3,(H,14,15)(H,18,19). The molecule has 0 atom stereocenters. The van der Waals surface area contributed by atoms with Crippen LogP contribution in [0, 0.1) is 13.8 Å². The van der Waals surface area contributed by atoms with Crippen LogP contribution >= 0.6 is 0 Å². The van der Waals surface area contributed by atoms with Crippen LogP contribution in [0.25, 0.3) is 0 Å². The largest absolute Gasteiger partial charge is 0.478 e. The summed E-state index contributed by atoms with van der Waals surface area (Å²) in [5.74, 6) is -0.591. The molecule has 0 saturated carbocycles. The van der Waals surface area contributed by atoms with Crippen LogP contribution in [0.5, 0.6) is 0 Å². The molecule has 0 bridgehead atoms. The topological polar surface area (TPSA) is 80.0 Å². The van der Waals surface area contributed by atoms with Gasteiger partial charge in [-0.1, -0.05) is 0 Å². The fourth-order valence-corrected chi connectivity index (χ4v) is 1.96. The Morgan fingerprint density at radius 3 is 2.79 bits per heavy atom. The van der Waals surface area contributed by atoms with Crippen molar-refractivity contribution < 1.29 is 9.90 Å². The van der Waals surface area contributed by atoms with E-state index in [0.29, 0.717) is 17.9 Å². The lowest BCUT2D eigenvalue weighted by Crippen LogP contribution is -2.10. The molecular formula is C13H16N4O2. The van der Waals surface area contributed by atoms with Crippen molar-refractivity contribution in [1.29, 1.82) is 0 Å². The van der Waals surface area contributed by atoms with Gasteiger partial charge < -0.3 is 10.4 Å². The third kappa shape index (κ3) is 2.73. The van der Waals surface area contributed by atoms with Gasteiger partial charge in [0.1, 0.15) is 11.4 Å². The second-order valence-electron chi connectivity index (χ2n) is 4.42. The first-order chi connectivity index (χ1) is 8.99. The molecule has 6 nitrogen and oxygen atoms in total. The lowest BCUT2D eigenvalue weighted by molar-refractivity contribution is 0.0697. The Kier molecular flexibility index (Phi) is 3.50. The lowest BCUT2D eigenvalue weighted by Gasteiger charge is -2.09. The number of nitrogens with one attached hydrogen (secondary N) is 1. The number of aromatic nitrogens is 3. The van der Waals surface area contributed by atoms with Gasteiger partial charge in [0.2, 0.25) is 0 Å². The zero-order chi connectivity index (χ0) is 14.0. The third-order valence-electron chi connectivity index (χ3n) is 2.93. The van der Waals surface area contributed by atoms with Crippen molar-refractivity contribution in [1.82, 2.24) is 14.8 Å². The maximum Gasteiger partial charge on any atom is 0.339 e. The summed E-state index contributed by atoms with van der Waals surface area (Å²) in [7, 11) is 1.85. The summed E-state index contributed by atoms with van der Waals surface area (Å²) in [6.07, 6.45) is 3.50. The molecule has 2 aromatic heterocycles. The molecule has 0 amide bonds. The van der Waals surface area contributed by atoms with Crippen LogP contribution in [-0.2, 0) is 13.6 Å². The quantitative estimate of drug-likeness (QED) is 0.875. The fourth-order valence-electron chi connectivity index (χ4n) is 1.96. The number of pyridine rings is 1. The van der Waals surface area contributed by atoms with Gasteiger partial charge in [-0.3, -0.25) is 4.68 Å². The highest BCUT2D eigenvalue weighted by Crippen LogP contribution is 2.17. The Morgan fingerprint density at radius 1 is 1.47 bits per heavy atom. The third-order valence-corrected chi connectivity index (χ3v) is 2.93. The van der Waals surface area contributed by atoms with E-state index in [1.807, 2.05) is 20.2 Å². The average molecular weight is 260 g/mol. The number of rotatable bonds is 4. The Morgan fingerprint density at radius 2 is 2.21 bits per heavy atom. The van der Waals surface area contributed by atoms with Crippen molar-refractivity contribution in [3.8, 4) is 0 Å². The van der Waals surface area contributed by atoms with Crippen molar-refractivity contribution in [2.24, 2.45) is 7.05 Å². The zero-order valence-corrected chi connectivity index (χ0v) is 11.1. The fraction of sp³-hybridized carbons (Fsp3) is 0.308. The summed E-state index contributed by atoms with van der Waals surface area (Å²) in [6, 6.07) is 1.68. The average Bonchev–Trinajstić information content (AvgIpc) is 2.64. The molecule has 0 aliphatic heterocycles. The number of aryl methyl sites for hydroxylation is 3. The number of hydrogen-bond acceptors (Lipinski definition) is 4. The summed E-state index contributed by atoms with van der Waals surface area (Å²) in [4.78, 5) is 15.3. The maximum absolute atomic E-state index is 11.2. The van der Waals surface area contributed by atoms with E-state index < -0.39 is 5.97 Å². The summed E-state index contributed by atoms with van der Waals surface area (Å²) in [5, 5.41) is 16.5. The summed E-state index contributed by atoms with van der Waals surface area (Å²) in [5.41, 5.74) is 2.83. The van der Waals surface area contributed by atoms with E-state index in [-0.39, 0.29) is 5.56 Å². The number of anilines is 1. The van der Waals surface area contributed by atoms with Crippen molar-refractivity contribution in [2.75, 3.05) is 5.32 Å². The molecule has 2 rings (SSSR count). The van der Waals surface area contributed by atoms with E-state index in [0.717, 1.165) is 11.3 Å². The van der Waals surface area contributed by atoms with Gasteiger partial charge in [-0.05, 0) is 25.5 Å². The molecule has 100 valence electrons. The molecule has 0 aliphatic rings. The molecule has 0 fully saturated rings. The second-order valence-corrected chi connectivity index (χ2v) is 4.42. The molecule has 0 aromatic carbocycles. The number of nitrogens with zero attached hydrogens (tertiary/aromatic N) is 3. The SMILES string of the molecule is Cc1ccnc(NCc2cn(C)nc2C)c1C(=O)O. The van der Waals surface area contributed by atoms with Gasteiger partial charge in [-0.15, -0.1) is 0 Å². The number of carboxylic acids is 1. The summed E-state index contributed by atoms with van der Waals surface area (Å²) < 4.78 is 1.73. The highest BCUT2D eigenvalue weighted by molar-refractivity contribution is 5.94. The minimum atomic E-state index is -0.976. The Hall–Kier alpha value is -2.37. The Labute approximate surface area is 111 Å². The monoisotopic (exact) mass is 260 g/mol. The van der Waals surface area contributed by atoms with Gasteiger partial charge in [0.05, 0.1) is 5.69 Å². The van der Waals surface area contributed by atoms with Gasteiger partial charge in [0.25, 0.3) is 0 Å². The minimum Gasteiger partial charge on any atom is -0.478 e. The van der Waals surface area contributed by atoms with Crippen LogP contribution in [-0.4, -0.2) is 25.8 Å². The molecule has 6 heteroatoms. The van der Waals surface area contributed by atoms with Crippen LogP contribution in [0.3, 0.4) is 0 Å². The first kappa shape index (κ1) is 13.1. The number of carbonyl (C=O) groups is 1. The van der Waals surface area contributed by atoms with Crippen LogP contribution in [0.4, 0.5) is 5.82 Å². The predicted molar refractivity (Wildman–Crippen MR) is 71.2 cm³/mol. The number of hydrogen-bond donors (Lipinski definition) is 2. The van der Waals surface area contributed by atoms with E-state index in [1.54, 1.807) is 23.9 Å². The molecule has 2 N–H and O–H groups in total. The van der Waals surface area contributed by atoms with Crippen molar-refractivity contribution in [3.05, 3.63) is 40.8 Å². The summed E-state index contributed by atoms with van der Waals surface area (Å²) >= 11 is 0. The highest BCUT2D eigenvalue weighted by Gasteiger charge is 2.14. The minimum absolute atomic E-state index is 0.212. The summed E-state index contributed by atoms with van der Waals surface area (Å²) in [6.45, 7) is 4.17. The van der Waals surface area contributed by atoms with E-state index in [4.69, 9.17) is 0 Å². The van der Waals surface area contributed by atoms with Gasteiger partial charge >= 0.3 is 5.97 Å². The zero-order valence-electron chi connectivity index (χ0n) is 11.1. The van der Waals surface area contributed by atoms with E-state index in [9.17, 15) is 9.90 Å². The lowest BCUT2D eigenvalue weighted by atomic mass is 10.1. The van der Waals surface area contributed by atoms with E-state index in [2.05, 4.69) is 15.4 Å². The van der Waals surface area contributed by atoms with Crippen LogP contribution in [0.2, 0.25) is 0 Å². The molecule has 0 saturated heterocycles. The first-order valence-electron chi connectivity index (χ1n) is 5.91. The normalized spacial score (nSPS) is 10.5. The highest BCUT2D eigenvalue weighted by atomic mass is 16.4. The second kappa shape index (κ2) is 5.09. The van der Waals surface area contributed by atoms with Crippen LogP contribution in [0.15, 0.2) is 18.5 Å². The molecule has 19 heavy (non-hydrogen) atoms. The molecule has 0 unspecified atom stereocenters. The van der Waals surface area contributed by atoms with E-state index >= 15 is 0 Å². The van der Waals surface area contributed by atoms with Crippen molar-refractivity contribution >= 4 is 11.8 Å². The number of carboxylic acid groups (broad SMARTS) is 1. The first-order valence-corrected chi connectivity index (χ1v) is 5.91. The smallest absolute Gasteiger partial charge is 0.339 e. The van der Waals surface area contributed by atoms with Crippen LogP contribution < -0.4 is 5.32 Å². The molecule has 0 aliphatic carbocycles. The molecule has 0 spiro atoms. The predicted octanol–water partition coefficient (Wildman–Crippen LogP) is 1.74. The molecular weight excluding hydrogens is 244 g/mol. The van der Waals surface area contributed by atoms with Crippen LogP contribution in [0.1, 0.15) is 27.2 Å².